The lowest BCUT2D eigenvalue weighted by molar-refractivity contribution is 0.101. The molecule has 1 aromatic heterocycles. The molecule has 0 unspecified atom stereocenters. The first kappa shape index (κ1) is 13.4. The van der Waals surface area contributed by atoms with Gasteiger partial charge in [0, 0.05) is 7.05 Å². The van der Waals surface area contributed by atoms with Crippen LogP contribution in [-0.4, -0.2) is 34.9 Å². The summed E-state index contributed by atoms with van der Waals surface area (Å²) in [5, 5.41) is 7.21. The molecule has 0 bridgehead atoms. The van der Waals surface area contributed by atoms with Gasteiger partial charge in [-0.25, -0.2) is 8.42 Å². The van der Waals surface area contributed by atoms with Crippen LogP contribution in [0.15, 0.2) is 36.5 Å². The van der Waals surface area contributed by atoms with Crippen molar-refractivity contribution in [2.24, 2.45) is 7.05 Å². The van der Waals surface area contributed by atoms with E-state index >= 15 is 0 Å². The Bertz CT molecular complexity index is 677. The molecule has 2 rings (SSSR count). The number of nitrogens with zero attached hydrogens (tertiary/aromatic N) is 3. The minimum absolute atomic E-state index is 0.0686. The maximum atomic E-state index is 11.9. The number of rotatable bonds is 5. The minimum Gasteiger partial charge on any atom is -0.291 e. The first-order valence-corrected chi connectivity index (χ1v) is 7.42. The lowest BCUT2D eigenvalue weighted by atomic mass is 10.2. The summed E-state index contributed by atoms with van der Waals surface area (Å²) >= 11 is 0. The number of sulfone groups is 1. The molecule has 0 N–H and O–H groups in total. The number of carbonyl (C=O) groups excluding carboxylic acids is 1. The van der Waals surface area contributed by atoms with Crippen LogP contribution in [0.5, 0.6) is 0 Å². The molecule has 19 heavy (non-hydrogen) atoms. The van der Waals surface area contributed by atoms with E-state index in [1.54, 1.807) is 37.4 Å². The van der Waals surface area contributed by atoms with Crippen molar-refractivity contribution in [2.45, 2.75) is 5.75 Å². The van der Waals surface area contributed by atoms with Crippen molar-refractivity contribution >= 4 is 15.6 Å². The van der Waals surface area contributed by atoms with Gasteiger partial charge in [-0.1, -0.05) is 35.5 Å². The lowest BCUT2D eigenvalue weighted by Gasteiger charge is -2.02. The van der Waals surface area contributed by atoms with Gasteiger partial charge in [0.25, 0.3) is 0 Å². The zero-order chi connectivity index (χ0) is 13.9. The van der Waals surface area contributed by atoms with Crippen LogP contribution in [0.25, 0.3) is 0 Å². The Balaban J connectivity index is 2.07. The van der Waals surface area contributed by atoms with Crippen LogP contribution in [0.3, 0.4) is 0 Å². The Labute approximate surface area is 111 Å². The van der Waals surface area contributed by atoms with Crippen LogP contribution < -0.4 is 0 Å². The van der Waals surface area contributed by atoms with E-state index in [-0.39, 0.29) is 11.4 Å². The molecule has 0 fully saturated rings. The van der Waals surface area contributed by atoms with Crippen molar-refractivity contribution in [1.82, 2.24) is 15.0 Å². The Hall–Kier alpha value is -2.02. The van der Waals surface area contributed by atoms with Crippen LogP contribution in [0, 0.1) is 0 Å². The minimum atomic E-state index is -3.50. The summed E-state index contributed by atoms with van der Waals surface area (Å²) in [7, 11) is -1.89. The molecule has 2 aromatic rings. The predicted octanol–water partition coefficient (Wildman–Crippen LogP) is 0.613. The Morgan fingerprint density at radius 3 is 2.53 bits per heavy atom. The number of hydrogen-bond acceptors (Lipinski definition) is 5. The summed E-state index contributed by atoms with van der Waals surface area (Å²) < 4.78 is 25.2. The SMILES string of the molecule is Cn1cc(C(=O)CS(=O)(=O)Cc2ccccc2)nn1. The van der Waals surface area contributed by atoms with Crippen molar-refractivity contribution in [3.05, 3.63) is 47.8 Å². The van der Waals surface area contributed by atoms with E-state index in [1.165, 1.54) is 10.9 Å². The Kier molecular flexibility index (Phi) is 3.75. The summed E-state index contributed by atoms with van der Waals surface area (Å²) in [4.78, 5) is 11.8. The average Bonchev–Trinajstić information content (AvgIpc) is 2.76. The number of aromatic nitrogens is 3. The first-order chi connectivity index (χ1) is 8.96. The molecule has 0 radical (unpaired) electrons. The number of carbonyl (C=O) groups is 1. The maximum absolute atomic E-state index is 11.9. The van der Waals surface area contributed by atoms with E-state index < -0.39 is 21.4 Å². The van der Waals surface area contributed by atoms with Crippen molar-refractivity contribution in [3.63, 3.8) is 0 Å². The van der Waals surface area contributed by atoms with Gasteiger partial charge in [0.05, 0.1) is 11.9 Å². The quantitative estimate of drug-likeness (QED) is 0.749. The van der Waals surface area contributed by atoms with Gasteiger partial charge in [-0.15, -0.1) is 5.10 Å². The largest absolute Gasteiger partial charge is 0.291 e. The Morgan fingerprint density at radius 1 is 1.26 bits per heavy atom. The van der Waals surface area contributed by atoms with Gasteiger partial charge in [-0.3, -0.25) is 9.48 Å². The van der Waals surface area contributed by atoms with E-state index in [9.17, 15) is 13.2 Å². The molecule has 100 valence electrons. The summed E-state index contributed by atoms with van der Waals surface area (Å²) in [5.74, 6) is -1.25. The summed E-state index contributed by atoms with van der Waals surface area (Å²) in [6, 6.07) is 8.75. The molecule has 0 aliphatic heterocycles. The van der Waals surface area contributed by atoms with E-state index in [4.69, 9.17) is 0 Å². The molecule has 0 atom stereocenters. The second-order valence-corrected chi connectivity index (χ2v) is 6.28. The van der Waals surface area contributed by atoms with Crippen molar-refractivity contribution in [1.29, 1.82) is 0 Å². The molecular weight excluding hydrogens is 266 g/mol. The zero-order valence-corrected chi connectivity index (χ0v) is 11.2. The fourth-order valence-electron chi connectivity index (χ4n) is 1.63. The molecule has 0 spiro atoms. The van der Waals surface area contributed by atoms with Gasteiger partial charge >= 0.3 is 0 Å². The molecule has 0 saturated heterocycles. The third-order valence-corrected chi connectivity index (χ3v) is 3.94. The highest BCUT2D eigenvalue weighted by Crippen LogP contribution is 2.08. The Morgan fingerprint density at radius 2 is 1.95 bits per heavy atom. The summed E-state index contributed by atoms with van der Waals surface area (Å²) in [6.45, 7) is 0. The van der Waals surface area contributed by atoms with Crippen molar-refractivity contribution in [2.75, 3.05) is 5.75 Å². The van der Waals surface area contributed by atoms with Crippen LogP contribution in [-0.2, 0) is 22.6 Å². The third kappa shape index (κ3) is 3.72. The van der Waals surface area contributed by atoms with Crippen LogP contribution in [0.1, 0.15) is 16.1 Å². The molecular formula is C12H13N3O3S. The fraction of sp³-hybridized carbons (Fsp3) is 0.250. The average molecular weight is 279 g/mol. The first-order valence-electron chi connectivity index (χ1n) is 5.60. The van der Waals surface area contributed by atoms with E-state index in [0.29, 0.717) is 5.56 Å². The van der Waals surface area contributed by atoms with Gasteiger partial charge in [0.1, 0.15) is 11.4 Å². The second-order valence-electron chi connectivity index (χ2n) is 4.22. The molecule has 1 heterocycles. The topological polar surface area (TPSA) is 81.9 Å². The highest BCUT2D eigenvalue weighted by Gasteiger charge is 2.20. The monoisotopic (exact) mass is 279 g/mol. The lowest BCUT2D eigenvalue weighted by Crippen LogP contribution is -2.18. The summed E-state index contributed by atoms with van der Waals surface area (Å²) in [6.07, 6.45) is 1.40. The summed E-state index contributed by atoms with van der Waals surface area (Å²) in [5.41, 5.74) is 0.730. The molecule has 6 nitrogen and oxygen atoms in total. The molecule has 0 aliphatic rings. The van der Waals surface area contributed by atoms with Crippen LogP contribution in [0.2, 0.25) is 0 Å². The molecule has 1 aromatic carbocycles. The van der Waals surface area contributed by atoms with Crippen LogP contribution >= 0.6 is 0 Å². The van der Waals surface area contributed by atoms with E-state index in [0.717, 1.165) is 0 Å². The van der Waals surface area contributed by atoms with E-state index in [2.05, 4.69) is 10.3 Å². The number of aryl methyl sites for hydroxylation is 1. The highest BCUT2D eigenvalue weighted by atomic mass is 32.2. The van der Waals surface area contributed by atoms with Gasteiger partial charge < -0.3 is 0 Å². The fourth-order valence-corrected chi connectivity index (χ4v) is 2.98. The van der Waals surface area contributed by atoms with Crippen molar-refractivity contribution in [3.8, 4) is 0 Å². The number of Topliss-reactive ketones (excluding diaryl/α,β-unsaturated/α-hetero) is 1. The van der Waals surface area contributed by atoms with Crippen molar-refractivity contribution < 1.29 is 13.2 Å². The van der Waals surface area contributed by atoms with Crippen LogP contribution in [0.4, 0.5) is 0 Å². The number of hydrogen-bond donors (Lipinski definition) is 0. The molecule has 0 aliphatic carbocycles. The number of benzene rings is 1. The highest BCUT2D eigenvalue weighted by molar-refractivity contribution is 7.91. The van der Waals surface area contributed by atoms with Gasteiger partial charge in [-0.2, -0.15) is 0 Å². The van der Waals surface area contributed by atoms with E-state index in [1.807, 2.05) is 0 Å². The van der Waals surface area contributed by atoms with Gasteiger partial charge in [-0.05, 0) is 5.56 Å². The second kappa shape index (κ2) is 5.31. The smallest absolute Gasteiger partial charge is 0.199 e. The molecule has 7 heteroatoms. The van der Waals surface area contributed by atoms with Gasteiger partial charge in [0.15, 0.2) is 15.6 Å². The van der Waals surface area contributed by atoms with Gasteiger partial charge in [0.2, 0.25) is 0 Å². The third-order valence-electron chi connectivity index (χ3n) is 2.47. The normalized spacial score (nSPS) is 11.4. The standard InChI is InChI=1S/C12H13N3O3S/c1-15-7-11(13-14-15)12(16)9-19(17,18)8-10-5-3-2-4-6-10/h2-7H,8-9H2,1H3. The molecule has 0 amide bonds. The molecule has 0 saturated carbocycles. The zero-order valence-electron chi connectivity index (χ0n) is 10.4. The predicted molar refractivity (Wildman–Crippen MR) is 69.3 cm³/mol. The number of ketones is 1. The maximum Gasteiger partial charge on any atom is 0.199 e.